The highest BCUT2D eigenvalue weighted by molar-refractivity contribution is 5.09. The number of rotatable bonds is 5. The van der Waals surface area contributed by atoms with Crippen molar-refractivity contribution >= 4 is 0 Å². The Morgan fingerprint density at radius 1 is 1.32 bits per heavy atom. The highest BCUT2D eigenvalue weighted by Gasteiger charge is 2.27. The fourth-order valence-electron chi connectivity index (χ4n) is 3.04. The summed E-state index contributed by atoms with van der Waals surface area (Å²) < 4.78 is 0. The molecule has 106 valence electrons. The smallest absolute Gasteiger partial charge is 0.0580 e. The van der Waals surface area contributed by atoms with Crippen molar-refractivity contribution in [3.8, 4) is 0 Å². The number of likely N-dealkylation sites (N-methyl/N-ethyl adjacent to an activating group) is 1. The Labute approximate surface area is 116 Å². The van der Waals surface area contributed by atoms with Crippen LogP contribution in [0, 0.1) is 11.8 Å². The van der Waals surface area contributed by atoms with Crippen LogP contribution in [0.25, 0.3) is 0 Å². The van der Waals surface area contributed by atoms with Gasteiger partial charge < -0.3 is 10.0 Å². The van der Waals surface area contributed by atoms with Crippen LogP contribution in [-0.2, 0) is 6.42 Å². The lowest BCUT2D eigenvalue weighted by Gasteiger charge is -2.34. The van der Waals surface area contributed by atoms with Crippen LogP contribution in [0.1, 0.15) is 31.7 Å². The number of nitrogens with zero attached hydrogens (tertiary/aromatic N) is 2. The molecule has 3 unspecified atom stereocenters. The van der Waals surface area contributed by atoms with E-state index in [1.165, 1.54) is 18.4 Å². The molecule has 3 nitrogen and oxygen atoms in total. The SMILES string of the molecule is CC1CCC(O)C(CN(C)CCc2ccncc2)C1. The largest absolute Gasteiger partial charge is 0.393 e. The van der Waals surface area contributed by atoms with Crippen LogP contribution < -0.4 is 0 Å². The molecule has 1 aromatic heterocycles. The first kappa shape index (κ1) is 14.5. The van der Waals surface area contributed by atoms with Crippen molar-refractivity contribution in [1.82, 2.24) is 9.88 Å². The first-order valence-corrected chi connectivity index (χ1v) is 7.40. The summed E-state index contributed by atoms with van der Waals surface area (Å²) in [6, 6.07) is 4.15. The van der Waals surface area contributed by atoms with Crippen molar-refractivity contribution in [3.63, 3.8) is 0 Å². The van der Waals surface area contributed by atoms with Gasteiger partial charge in [0.1, 0.15) is 0 Å². The first-order chi connectivity index (χ1) is 9.15. The van der Waals surface area contributed by atoms with Crippen LogP contribution in [0.4, 0.5) is 0 Å². The molecule has 1 fully saturated rings. The predicted octanol–water partition coefficient (Wildman–Crippen LogP) is 2.35. The van der Waals surface area contributed by atoms with E-state index < -0.39 is 0 Å². The average Bonchev–Trinajstić information content (AvgIpc) is 2.42. The monoisotopic (exact) mass is 262 g/mol. The summed E-state index contributed by atoms with van der Waals surface area (Å²) in [7, 11) is 2.16. The van der Waals surface area contributed by atoms with E-state index in [1.807, 2.05) is 12.4 Å². The molecule has 1 aromatic rings. The van der Waals surface area contributed by atoms with Crippen molar-refractivity contribution in [2.24, 2.45) is 11.8 Å². The minimum Gasteiger partial charge on any atom is -0.393 e. The van der Waals surface area contributed by atoms with Gasteiger partial charge in [0.25, 0.3) is 0 Å². The first-order valence-electron chi connectivity index (χ1n) is 7.40. The Balaban J connectivity index is 1.76. The topological polar surface area (TPSA) is 36.4 Å². The minimum absolute atomic E-state index is 0.0976. The molecule has 0 bridgehead atoms. The van der Waals surface area contributed by atoms with Gasteiger partial charge in [-0.1, -0.05) is 6.92 Å². The molecule has 0 aliphatic heterocycles. The molecule has 1 aliphatic carbocycles. The van der Waals surface area contributed by atoms with Crippen molar-refractivity contribution in [3.05, 3.63) is 30.1 Å². The molecule has 19 heavy (non-hydrogen) atoms. The maximum atomic E-state index is 10.1. The number of hydrogen-bond donors (Lipinski definition) is 1. The Hall–Kier alpha value is -0.930. The van der Waals surface area contributed by atoms with Crippen LogP contribution in [0.15, 0.2) is 24.5 Å². The molecular formula is C16H26N2O. The van der Waals surface area contributed by atoms with E-state index in [0.717, 1.165) is 31.8 Å². The Kier molecular flexibility index (Phi) is 5.34. The van der Waals surface area contributed by atoms with E-state index >= 15 is 0 Å². The Bertz CT molecular complexity index is 368. The number of aromatic nitrogens is 1. The third kappa shape index (κ3) is 4.59. The molecule has 0 radical (unpaired) electrons. The van der Waals surface area contributed by atoms with Gasteiger partial charge in [-0.3, -0.25) is 4.98 Å². The summed E-state index contributed by atoms with van der Waals surface area (Å²) in [6.07, 6.45) is 7.98. The summed E-state index contributed by atoms with van der Waals surface area (Å²) in [5, 5.41) is 10.1. The van der Waals surface area contributed by atoms with Gasteiger partial charge in [0.2, 0.25) is 0 Å². The summed E-state index contributed by atoms with van der Waals surface area (Å²) in [5.74, 6) is 1.22. The molecule has 2 rings (SSSR count). The quantitative estimate of drug-likeness (QED) is 0.885. The zero-order chi connectivity index (χ0) is 13.7. The van der Waals surface area contributed by atoms with Crippen LogP contribution >= 0.6 is 0 Å². The minimum atomic E-state index is -0.0976. The third-order valence-electron chi connectivity index (χ3n) is 4.28. The van der Waals surface area contributed by atoms with Gasteiger partial charge in [-0.05, 0) is 62.3 Å². The van der Waals surface area contributed by atoms with Crippen molar-refractivity contribution in [2.45, 2.75) is 38.7 Å². The van der Waals surface area contributed by atoms with E-state index in [2.05, 4.69) is 36.0 Å². The zero-order valence-corrected chi connectivity index (χ0v) is 12.1. The molecule has 0 aromatic carbocycles. The molecule has 1 heterocycles. The second-order valence-corrected chi connectivity index (χ2v) is 6.11. The van der Waals surface area contributed by atoms with E-state index in [1.54, 1.807) is 0 Å². The van der Waals surface area contributed by atoms with Crippen molar-refractivity contribution in [2.75, 3.05) is 20.1 Å². The van der Waals surface area contributed by atoms with E-state index in [0.29, 0.717) is 5.92 Å². The number of hydrogen-bond acceptors (Lipinski definition) is 3. The van der Waals surface area contributed by atoms with Crippen LogP contribution in [-0.4, -0.2) is 41.2 Å². The Morgan fingerprint density at radius 2 is 2.05 bits per heavy atom. The van der Waals surface area contributed by atoms with Gasteiger partial charge in [-0.15, -0.1) is 0 Å². The van der Waals surface area contributed by atoms with E-state index in [4.69, 9.17) is 0 Å². The lowest BCUT2D eigenvalue weighted by Crippen LogP contribution is -2.37. The molecule has 3 heteroatoms. The van der Waals surface area contributed by atoms with Gasteiger partial charge in [-0.25, -0.2) is 0 Å². The summed E-state index contributed by atoms with van der Waals surface area (Å²) in [5.41, 5.74) is 1.33. The molecule has 1 saturated carbocycles. The zero-order valence-electron chi connectivity index (χ0n) is 12.1. The molecular weight excluding hydrogens is 236 g/mol. The second-order valence-electron chi connectivity index (χ2n) is 6.11. The molecule has 1 aliphatic rings. The van der Waals surface area contributed by atoms with Gasteiger partial charge in [0, 0.05) is 25.5 Å². The predicted molar refractivity (Wildman–Crippen MR) is 77.9 cm³/mol. The van der Waals surface area contributed by atoms with Crippen LogP contribution in [0.3, 0.4) is 0 Å². The third-order valence-corrected chi connectivity index (χ3v) is 4.28. The second kappa shape index (κ2) is 7.01. The summed E-state index contributed by atoms with van der Waals surface area (Å²) >= 11 is 0. The fraction of sp³-hybridized carbons (Fsp3) is 0.688. The van der Waals surface area contributed by atoms with Crippen LogP contribution in [0.2, 0.25) is 0 Å². The lowest BCUT2D eigenvalue weighted by atomic mass is 9.80. The fourth-order valence-corrected chi connectivity index (χ4v) is 3.04. The Morgan fingerprint density at radius 3 is 2.79 bits per heavy atom. The van der Waals surface area contributed by atoms with Gasteiger partial charge in [0.15, 0.2) is 0 Å². The molecule has 0 spiro atoms. The number of aliphatic hydroxyl groups excluding tert-OH is 1. The molecule has 1 N–H and O–H groups in total. The number of aliphatic hydroxyl groups is 1. The molecule has 3 atom stereocenters. The highest BCUT2D eigenvalue weighted by atomic mass is 16.3. The standard InChI is InChI=1S/C16H26N2O/c1-13-3-4-16(19)15(11-13)12-18(2)10-7-14-5-8-17-9-6-14/h5-6,8-9,13,15-16,19H,3-4,7,10-12H2,1-2H3. The van der Waals surface area contributed by atoms with Crippen molar-refractivity contribution in [1.29, 1.82) is 0 Å². The summed E-state index contributed by atoms with van der Waals surface area (Å²) in [6.45, 7) is 4.36. The normalized spacial score (nSPS) is 27.7. The maximum absolute atomic E-state index is 10.1. The molecule has 0 amide bonds. The van der Waals surface area contributed by atoms with E-state index in [-0.39, 0.29) is 6.10 Å². The maximum Gasteiger partial charge on any atom is 0.0580 e. The van der Waals surface area contributed by atoms with Gasteiger partial charge in [-0.2, -0.15) is 0 Å². The lowest BCUT2D eigenvalue weighted by molar-refractivity contribution is 0.0351. The van der Waals surface area contributed by atoms with Crippen molar-refractivity contribution < 1.29 is 5.11 Å². The van der Waals surface area contributed by atoms with Crippen LogP contribution in [0.5, 0.6) is 0 Å². The number of pyridine rings is 1. The molecule has 0 saturated heterocycles. The summed E-state index contributed by atoms with van der Waals surface area (Å²) in [4.78, 5) is 6.39. The average molecular weight is 262 g/mol. The highest BCUT2D eigenvalue weighted by Crippen LogP contribution is 2.29. The van der Waals surface area contributed by atoms with Gasteiger partial charge >= 0.3 is 0 Å². The van der Waals surface area contributed by atoms with Gasteiger partial charge in [0.05, 0.1) is 6.10 Å². The van der Waals surface area contributed by atoms with E-state index in [9.17, 15) is 5.11 Å².